The van der Waals surface area contributed by atoms with E-state index in [1.807, 2.05) is 55.5 Å². The summed E-state index contributed by atoms with van der Waals surface area (Å²) in [5.41, 5.74) is 2.43. The van der Waals surface area contributed by atoms with Crippen LogP contribution >= 0.6 is 0 Å². The lowest BCUT2D eigenvalue weighted by molar-refractivity contribution is 0.102. The predicted molar refractivity (Wildman–Crippen MR) is 88.3 cm³/mol. The number of aromatic nitrogens is 1. The van der Waals surface area contributed by atoms with Crippen molar-refractivity contribution in [2.75, 3.05) is 5.32 Å². The van der Waals surface area contributed by atoms with Crippen molar-refractivity contribution in [3.8, 4) is 0 Å². The molecule has 2 aromatic carbocycles. The Balaban J connectivity index is 2.02. The number of hydrogen-bond acceptors (Lipinski definition) is 2. The SMILES string of the molecule is Cc1ccc(NC(=O)c2cc3ccccc3n(C)c2=O)cc1. The Morgan fingerprint density at radius 1 is 1.05 bits per heavy atom. The summed E-state index contributed by atoms with van der Waals surface area (Å²) in [7, 11) is 1.67. The Labute approximate surface area is 128 Å². The summed E-state index contributed by atoms with van der Waals surface area (Å²) in [6.45, 7) is 1.98. The maximum absolute atomic E-state index is 12.4. The van der Waals surface area contributed by atoms with Gasteiger partial charge >= 0.3 is 0 Å². The fraction of sp³-hybridized carbons (Fsp3) is 0.111. The van der Waals surface area contributed by atoms with Gasteiger partial charge in [0.1, 0.15) is 5.56 Å². The van der Waals surface area contributed by atoms with E-state index in [0.29, 0.717) is 5.69 Å². The Bertz CT molecular complexity index is 909. The van der Waals surface area contributed by atoms with Gasteiger partial charge in [-0.2, -0.15) is 0 Å². The Kier molecular flexibility index (Phi) is 3.51. The van der Waals surface area contributed by atoms with E-state index in [2.05, 4.69) is 5.32 Å². The molecule has 0 fully saturated rings. The fourth-order valence-electron chi connectivity index (χ4n) is 2.42. The standard InChI is InChI=1S/C18H16N2O2/c1-12-7-9-14(10-8-12)19-17(21)15-11-13-5-3-4-6-16(13)20(2)18(15)22/h3-11H,1-2H3,(H,19,21). The van der Waals surface area contributed by atoms with Gasteiger partial charge in [-0.15, -0.1) is 0 Å². The van der Waals surface area contributed by atoms with Crippen molar-refractivity contribution in [1.82, 2.24) is 4.57 Å². The molecule has 1 heterocycles. The molecule has 110 valence electrons. The quantitative estimate of drug-likeness (QED) is 0.789. The molecule has 1 amide bonds. The van der Waals surface area contributed by atoms with Gasteiger partial charge in [-0.05, 0) is 36.6 Å². The second kappa shape index (κ2) is 5.48. The molecule has 0 saturated heterocycles. The molecule has 0 aliphatic heterocycles. The van der Waals surface area contributed by atoms with Crippen molar-refractivity contribution in [1.29, 1.82) is 0 Å². The molecule has 4 nitrogen and oxygen atoms in total. The van der Waals surface area contributed by atoms with Gasteiger partial charge < -0.3 is 9.88 Å². The number of amides is 1. The molecule has 0 aliphatic carbocycles. The van der Waals surface area contributed by atoms with Crippen molar-refractivity contribution >= 4 is 22.5 Å². The van der Waals surface area contributed by atoms with Crippen molar-refractivity contribution in [2.24, 2.45) is 7.05 Å². The second-order valence-electron chi connectivity index (χ2n) is 5.30. The maximum atomic E-state index is 12.4. The lowest BCUT2D eigenvalue weighted by Crippen LogP contribution is -2.27. The number of benzene rings is 2. The number of hydrogen-bond donors (Lipinski definition) is 1. The van der Waals surface area contributed by atoms with E-state index in [-0.39, 0.29) is 11.1 Å². The third-order valence-corrected chi connectivity index (χ3v) is 3.69. The number of pyridine rings is 1. The van der Waals surface area contributed by atoms with Crippen molar-refractivity contribution in [3.63, 3.8) is 0 Å². The van der Waals surface area contributed by atoms with Crippen LogP contribution in [0.3, 0.4) is 0 Å². The topological polar surface area (TPSA) is 51.1 Å². The summed E-state index contributed by atoms with van der Waals surface area (Å²) in [6, 6.07) is 16.6. The van der Waals surface area contributed by atoms with Crippen LogP contribution in [0.5, 0.6) is 0 Å². The molecule has 0 aliphatic rings. The van der Waals surface area contributed by atoms with E-state index in [9.17, 15) is 9.59 Å². The monoisotopic (exact) mass is 292 g/mol. The minimum Gasteiger partial charge on any atom is -0.322 e. The third-order valence-electron chi connectivity index (χ3n) is 3.69. The lowest BCUT2D eigenvalue weighted by atomic mass is 10.1. The first-order valence-corrected chi connectivity index (χ1v) is 7.03. The molecule has 1 aromatic heterocycles. The number of nitrogens with one attached hydrogen (secondary N) is 1. The fourth-order valence-corrected chi connectivity index (χ4v) is 2.42. The van der Waals surface area contributed by atoms with E-state index in [0.717, 1.165) is 16.5 Å². The summed E-state index contributed by atoms with van der Waals surface area (Å²) in [6.07, 6.45) is 0. The molecule has 0 spiro atoms. The number of nitrogens with zero attached hydrogens (tertiary/aromatic N) is 1. The van der Waals surface area contributed by atoms with Gasteiger partial charge in [-0.3, -0.25) is 9.59 Å². The molecule has 3 aromatic rings. The van der Waals surface area contributed by atoms with Crippen LogP contribution in [-0.2, 0) is 7.05 Å². The highest BCUT2D eigenvalue weighted by molar-refractivity contribution is 6.05. The van der Waals surface area contributed by atoms with Crippen molar-refractivity contribution in [3.05, 3.63) is 76.1 Å². The zero-order valence-corrected chi connectivity index (χ0v) is 12.5. The van der Waals surface area contributed by atoms with Crippen LogP contribution in [0.1, 0.15) is 15.9 Å². The molecule has 0 bridgehead atoms. The summed E-state index contributed by atoms with van der Waals surface area (Å²) < 4.78 is 1.50. The van der Waals surface area contributed by atoms with Crippen LogP contribution in [0.15, 0.2) is 59.4 Å². The molecule has 1 N–H and O–H groups in total. The van der Waals surface area contributed by atoms with Crippen LogP contribution in [-0.4, -0.2) is 10.5 Å². The first kappa shape index (κ1) is 14.1. The van der Waals surface area contributed by atoms with Gasteiger partial charge in [-0.1, -0.05) is 35.9 Å². The summed E-state index contributed by atoms with van der Waals surface area (Å²) in [5.74, 6) is -0.393. The molecule has 0 saturated carbocycles. The summed E-state index contributed by atoms with van der Waals surface area (Å²) in [4.78, 5) is 24.8. The van der Waals surface area contributed by atoms with Crippen molar-refractivity contribution < 1.29 is 4.79 Å². The average Bonchev–Trinajstić information content (AvgIpc) is 2.53. The van der Waals surface area contributed by atoms with Gasteiger partial charge in [-0.25, -0.2) is 0 Å². The molecule has 3 rings (SSSR count). The normalized spacial score (nSPS) is 10.6. The van der Waals surface area contributed by atoms with Crippen LogP contribution in [0.2, 0.25) is 0 Å². The number of rotatable bonds is 2. The van der Waals surface area contributed by atoms with E-state index in [1.54, 1.807) is 13.1 Å². The van der Waals surface area contributed by atoms with Gasteiger partial charge in [0.2, 0.25) is 0 Å². The van der Waals surface area contributed by atoms with E-state index < -0.39 is 5.91 Å². The minimum atomic E-state index is -0.393. The highest BCUT2D eigenvalue weighted by Gasteiger charge is 2.14. The van der Waals surface area contributed by atoms with E-state index in [1.165, 1.54) is 4.57 Å². The smallest absolute Gasteiger partial charge is 0.263 e. The summed E-state index contributed by atoms with van der Waals surface area (Å²) >= 11 is 0. The maximum Gasteiger partial charge on any atom is 0.263 e. The highest BCUT2D eigenvalue weighted by atomic mass is 16.2. The zero-order valence-electron chi connectivity index (χ0n) is 12.5. The van der Waals surface area contributed by atoms with Crippen molar-refractivity contribution in [2.45, 2.75) is 6.92 Å². The second-order valence-corrected chi connectivity index (χ2v) is 5.30. The van der Waals surface area contributed by atoms with Crippen LogP contribution in [0, 0.1) is 6.92 Å². The number of carbonyl (C=O) groups is 1. The molecule has 0 atom stereocenters. The Hall–Kier alpha value is -2.88. The molecular formula is C18H16N2O2. The van der Waals surface area contributed by atoms with Gasteiger partial charge in [0, 0.05) is 12.7 Å². The molecule has 0 unspecified atom stereocenters. The van der Waals surface area contributed by atoms with Crippen LogP contribution < -0.4 is 10.9 Å². The summed E-state index contributed by atoms with van der Waals surface area (Å²) in [5, 5.41) is 3.63. The first-order chi connectivity index (χ1) is 10.6. The third kappa shape index (κ3) is 2.51. The highest BCUT2D eigenvalue weighted by Crippen LogP contribution is 2.14. The number of anilines is 1. The lowest BCUT2D eigenvalue weighted by Gasteiger charge is -2.09. The van der Waals surface area contributed by atoms with E-state index >= 15 is 0 Å². The largest absolute Gasteiger partial charge is 0.322 e. The Morgan fingerprint density at radius 3 is 2.45 bits per heavy atom. The molecule has 0 radical (unpaired) electrons. The minimum absolute atomic E-state index is 0.141. The Morgan fingerprint density at radius 2 is 1.73 bits per heavy atom. The molecule has 22 heavy (non-hydrogen) atoms. The molecular weight excluding hydrogens is 276 g/mol. The van der Waals surface area contributed by atoms with Gasteiger partial charge in [0.15, 0.2) is 0 Å². The van der Waals surface area contributed by atoms with Crippen LogP contribution in [0.4, 0.5) is 5.69 Å². The predicted octanol–water partition coefficient (Wildman–Crippen LogP) is 3.10. The molecule has 4 heteroatoms. The number of para-hydroxylation sites is 1. The van der Waals surface area contributed by atoms with Gasteiger partial charge in [0.05, 0.1) is 5.52 Å². The first-order valence-electron chi connectivity index (χ1n) is 7.03. The van der Waals surface area contributed by atoms with E-state index in [4.69, 9.17) is 0 Å². The number of fused-ring (bicyclic) bond motifs is 1. The van der Waals surface area contributed by atoms with Crippen LogP contribution in [0.25, 0.3) is 10.9 Å². The zero-order chi connectivity index (χ0) is 15.7. The average molecular weight is 292 g/mol. The van der Waals surface area contributed by atoms with Gasteiger partial charge in [0.25, 0.3) is 11.5 Å². The number of aryl methyl sites for hydroxylation is 2. The number of carbonyl (C=O) groups excluding carboxylic acids is 1.